The Morgan fingerprint density at radius 2 is 1.67 bits per heavy atom. The van der Waals surface area contributed by atoms with Gasteiger partial charge in [0.15, 0.2) is 0 Å². The van der Waals surface area contributed by atoms with E-state index in [1.807, 2.05) is 67.6 Å². The molecule has 0 spiro atoms. The first-order valence-electron chi connectivity index (χ1n) is 18.0. The Labute approximate surface area is 318 Å². The minimum Gasteiger partial charge on any atom is -0.491 e. The monoisotopic (exact) mass is 749 g/mol. The van der Waals surface area contributed by atoms with Gasteiger partial charge in [0.25, 0.3) is 0 Å². The Bertz CT molecular complexity index is 2230. The van der Waals surface area contributed by atoms with E-state index in [-0.39, 0.29) is 18.0 Å². The van der Waals surface area contributed by atoms with Crippen molar-refractivity contribution in [2.75, 3.05) is 51.2 Å². The minimum absolute atomic E-state index is 0.0764. The highest BCUT2D eigenvalue weighted by atomic mass is 35.5. The van der Waals surface area contributed by atoms with E-state index in [9.17, 15) is 14.3 Å². The van der Waals surface area contributed by atoms with Crippen molar-refractivity contribution >= 4 is 34.5 Å². The molecule has 7 rings (SSSR count). The molecule has 1 saturated heterocycles. The van der Waals surface area contributed by atoms with E-state index in [0.717, 1.165) is 39.3 Å². The van der Waals surface area contributed by atoms with Gasteiger partial charge in [0.05, 0.1) is 10.4 Å². The number of para-hydroxylation sites is 2. The van der Waals surface area contributed by atoms with Crippen molar-refractivity contribution in [3.05, 3.63) is 119 Å². The molecule has 54 heavy (non-hydrogen) atoms. The van der Waals surface area contributed by atoms with Gasteiger partial charge in [-0.1, -0.05) is 61.0 Å². The fraction of sp³-hybridized carbons (Fsp3) is 0.262. The number of anilines is 1. The zero-order valence-electron chi connectivity index (χ0n) is 30.1. The number of aromatic nitrogens is 2. The zero-order chi connectivity index (χ0) is 37.6. The van der Waals surface area contributed by atoms with Gasteiger partial charge < -0.3 is 29.2 Å². The number of aliphatic carboxylic acids is 1. The predicted molar refractivity (Wildman–Crippen MR) is 208 cm³/mol. The molecule has 3 heterocycles. The summed E-state index contributed by atoms with van der Waals surface area (Å²) in [5.74, 6) is 0.896. The number of rotatable bonds is 14. The van der Waals surface area contributed by atoms with Gasteiger partial charge in [0, 0.05) is 50.3 Å². The number of nitrogens with zero attached hydrogens (tertiary/aromatic N) is 4. The van der Waals surface area contributed by atoms with Crippen molar-refractivity contribution in [1.82, 2.24) is 19.8 Å². The lowest BCUT2D eigenvalue weighted by atomic mass is 9.95. The lowest BCUT2D eigenvalue weighted by Crippen LogP contribution is -2.47. The van der Waals surface area contributed by atoms with E-state index in [4.69, 9.17) is 25.5 Å². The molecule has 2 aromatic heterocycles. The van der Waals surface area contributed by atoms with Gasteiger partial charge in [-0.05, 0) is 78.7 Å². The molecule has 6 aromatic rings. The summed E-state index contributed by atoms with van der Waals surface area (Å²) in [7, 11) is 0. The Kier molecular flexibility index (Phi) is 11.4. The SMILES string of the molecule is CCN1CCN(CCOc2ccc(-c3c(-c4ccc(F)cc4)oc4ncnc(NC(Cc5ccccc5Oc5ccccc5)C(=O)O)c34)c(C)c2Cl)CC1. The number of hydrogen-bond acceptors (Lipinski definition) is 9. The topological polar surface area (TPSA) is 113 Å². The summed E-state index contributed by atoms with van der Waals surface area (Å²) in [6.07, 6.45) is 1.39. The standard InChI is InChI=1S/C42H41ClFN5O5/c1-3-48-19-21-49(22-20-48)23-24-52-35-18-17-32(27(2)38(35)43)36-37-40(45-26-46-41(37)54-39(36)28-13-15-30(44)16-14-28)47-33(42(50)51)25-29-9-7-8-12-34(29)53-31-10-5-4-6-11-31/h4-18,26,33H,3,19-25H2,1-2H3,(H,50,51)(H,45,46,47). The summed E-state index contributed by atoms with van der Waals surface area (Å²) >= 11 is 7.01. The van der Waals surface area contributed by atoms with Crippen molar-refractivity contribution in [3.8, 4) is 39.7 Å². The number of carboxylic acid groups (broad SMARTS) is 1. The number of furan rings is 1. The molecule has 0 aliphatic carbocycles. The fourth-order valence-electron chi connectivity index (χ4n) is 6.73. The second kappa shape index (κ2) is 16.7. The number of carboxylic acids is 1. The number of benzene rings is 4. The van der Waals surface area contributed by atoms with Crippen LogP contribution in [0.4, 0.5) is 10.2 Å². The highest BCUT2D eigenvalue weighted by molar-refractivity contribution is 6.33. The summed E-state index contributed by atoms with van der Waals surface area (Å²) in [4.78, 5) is 26.6. The molecule has 1 atom stereocenters. The number of fused-ring (bicyclic) bond motifs is 1. The normalized spacial score (nSPS) is 14.2. The molecule has 0 radical (unpaired) electrons. The van der Waals surface area contributed by atoms with Crippen LogP contribution < -0.4 is 14.8 Å². The van der Waals surface area contributed by atoms with Crippen molar-refractivity contribution in [2.45, 2.75) is 26.3 Å². The molecule has 12 heteroatoms. The lowest BCUT2D eigenvalue weighted by molar-refractivity contribution is -0.137. The van der Waals surface area contributed by atoms with Crippen LogP contribution in [0.2, 0.25) is 5.02 Å². The number of piperazine rings is 1. The van der Waals surface area contributed by atoms with Crippen molar-refractivity contribution < 1.29 is 28.2 Å². The number of nitrogens with one attached hydrogen (secondary N) is 1. The second-order valence-electron chi connectivity index (χ2n) is 13.2. The molecule has 2 N–H and O–H groups in total. The molecule has 1 aliphatic rings. The smallest absolute Gasteiger partial charge is 0.326 e. The average molecular weight is 750 g/mol. The van der Waals surface area contributed by atoms with E-state index in [0.29, 0.717) is 67.8 Å². The molecule has 1 fully saturated rings. The third-order valence-corrected chi connectivity index (χ3v) is 10.2. The first kappa shape index (κ1) is 36.9. The van der Waals surface area contributed by atoms with Crippen LogP contribution in [0, 0.1) is 12.7 Å². The van der Waals surface area contributed by atoms with Crippen LogP contribution in [0.3, 0.4) is 0 Å². The lowest BCUT2D eigenvalue weighted by Gasteiger charge is -2.33. The van der Waals surface area contributed by atoms with Crippen LogP contribution in [-0.4, -0.2) is 82.8 Å². The maximum absolute atomic E-state index is 14.1. The third kappa shape index (κ3) is 8.18. The number of halogens is 2. The molecule has 0 bridgehead atoms. The maximum atomic E-state index is 14.1. The zero-order valence-corrected chi connectivity index (χ0v) is 30.9. The Morgan fingerprint density at radius 1 is 0.944 bits per heavy atom. The van der Waals surface area contributed by atoms with Crippen LogP contribution >= 0.6 is 11.6 Å². The molecule has 1 aliphatic heterocycles. The van der Waals surface area contributed by atoms with Crippen LogP contribution in [0.1, 0.15) is 18.1 Å². The van der Waals surface area contributed by atoms with Crippen molar-refractivity contribution in [1.29, 1.82) is 0 Å². The molecule has 4 aromatic carbocycles. The highest BCUT2D eigenvalue weighted by Crippen LogP contribution is 2.46. The molecule has 10 nitrogen and oxygen atoms in total. The van der Waals surface area contributed by atoms with Gasteiger partial charge in [0.1, 0.15) is 53.6 Å². The van der Waals surface area contributed by atoms with Crippen LogP contribution in [0.5, 0.6) is 17.2 Å². The van der Waals surface area contributed by atoms with Crippen LogP contribution in [-0.2, 0) is 11.2 Å². The average Bonchev–Trinajstić information content (AvgIpc) is 3.58. The van der Waals surface area contributed by atoms with E-state index in [1.165, 1.54) is 18.5 Å². The molecule has 0 amide bonds. The first-order valence-corrected chi connectivity index (χ1v) is 18.4. The van der Waals surface area contributed by atoms with Gasteiger partial charge in [-0.15, -0.1) is 0 Å². The van der Waals surface area contributed by atoms with E-state index < -0.39 is 17.8 Å². The molecule has 278 valence electrons. The van der Waals surface area contributed by atoms with Crippen LogP contribution in [0.15, 0.2) is 102 Å². The van der Waals surface area contributed by atoms with E-state index in [1.54, 1.807) is 18.2 Å². The molecular formula is C42H41ClFN5O5. The maximum Gasteiger partial charge on any atom is 0.326 e. The quantitative estimate of drug-likeness (QED) is 0.112. The summed E-state index contributed by atoms with van der Waals surface area (Å²) in [5, 5.41) is 14.5. The summed E-state index contributed by atoms with van der Waals surface area (Å²) in [6.45, 7) is 10.5. The first-order chi connectivity index (χ1) is 26.3. The third-order valence-electron chi connectivity index (χ3n) is 9.77. The molecule has 1 unspecified atom stereocenters. The second-order valence-corrected chi connectivity index (χ2v) is 13.5. The fourth-order valence-corrected chi connectivity index (χ4v) is 6.95. The number of ether oxygens (including phenoxy) is 2. The van der Waals surface area contributed by atoms with Gasteiger partial charge in [0.2, 0.25) is 5.71 Å². The summed E-state index contributed by atoms with van der Waals surface area (Å²) in [6, 6.07) is 25.2. The van der Waals surface area contributed by atoms with Crippen LogP contribution in [0.25, 0.3) is 33.6 Å². The van der Waals surface area contributed by atoms with E-state index >= 15 is 0 Å². The van der Waals surface area contributed by atoms with Crippen molar-refractivity contribution in [3.63, 3.8) is 0 Å². The molecular weight excluding hydrogens is 709 g/mol. The number of hydrogen-bond donors (Lipinski definition) is 2. The minimum atomic E-state index is -1.12. The van der Waals surface area contributed by atoms with E-state index in [2.05, 4.69) is 32.0 Å². The summed E-state index contributed by atoms with van der Waals surface area (Å²) in [5.41, 5.74) is 3.50. The number of likely N-dealkylation sites (N-methyl/N-ethyl adjacent to an activating group) is 1. The van der Waals surface area contributed by atoms with Gasteiger partial charge in [-0.2, -0.15) is 0 Å². The van der Waals surface area contributed by atoms with Gasteiger partial charge in [-0.25, -0.2) is 19.2 Å². The highest BCUT2D eigenvalue weighted by Gasteiger charge is 2.28. The Morgan fingerprint density at radius 3 is 2.41 bits per heavy atom. The Balaban J connectivity index is 1.23. The largest absolute Gasteiger partial charge is 0.491 e. The van der Waals surface area contributed by atoms with Crippen molar-refractivity contribution in [2.24, 2.45) is 0 Å². The number of carbonyl (C=O) groups is 1. The van der Waals surface area contributed by atoms with Gasteiger partial charge >= 0.3 is 5.97 Å². The Hall–Kier alpha value is -5.49. The molecule has 0 saturated carbocycles. The summed E-state index contributed by atoms with van der Waals surface area (Å²) < 4.78 is 32.8. The predicted octanol–water partition coefficient (Wildman–Crippen LogP) is 8.57. The van der Waals surface area contributed by atoms with Gasteiger partial charge in [-0.3, -0.25) is 4.90 Å².